The fraction of sp³-hybridized carbons (Fsp3) is 0.421. The van der Waals surface area contributed by atoms with Gasteiger partial charge in [-0.1, -0.05) is 6.92 Å². The largest absolute Gasteiger partial charge is 0.443 e. The number of sulfonamides is 1. The first-order valence-electron chi connectivity index (χ1n) is 8.68. The number of benzene rings is 1. The van der Waals surface area contributed by atoms with E-state index in [0.717, 1.165) is 0 Å². The van der Waals surface area contributed by atoms with Crippen molar-refractivity contribution in [1.29, 1.82) is 0 Å². The highest BCUT2D eigenvalue weighted by Gasteiger charge is 2.23. The van der Waals surface area contributed by atoms with Crippen molar-refractivity contribution in [1.82, 2.24) is 9.71 Å². The highest BCUT2D eigenvalue weighted by molar-refractivity contribution is 7.90. The highest BCUT2D eigenvalue weighted by Crippen LogP contribution is 2.31. The average molecular weight is 410 g/mol. The molecule has 0 radical (unpaired) electrons. The van der Waals surface area contributed by atoms with Crippen molar-refractivity contribution < 1.29 is 27.1 Å². The predicted molar refractivity (Wildman–Crippen MR) is 103 cm³/mol. The second-order valence-electron chi connectivity index (χ2n) is 7.51. The number of pyridine rings is 1. The van der Waals surface area contributed by atoms with E-state index in [-0.39, 0.29) is 23.7 Å². The Hall–Kier alpha value is -2.55. The number of fused-ring (bicyclic) bond motifs is 1. The summed E-state index contributed by atoms with van der Waals surface area (Å²) in [6.45, 7) is 6.61. The summed E-state index contributed by atoms with van der Waals surface area (Å²) in [6, 6.07) is 2.77. The molecule has 2 rings (SSSR count). The zero-order valence-electron chi connectivity index (χ0n) is 16.2. The van der Waals surface area contributed by atoms with Crippen molar-refractivity contribution in [2.45, 2.75) is 45.6 Å². The fourth-order valence-corrected chi connectivity index (χ4v) is 3.83. The lowest BCUT2D eigenvalue weighted by atomic mass is 9.92. The van der Waals surface area contributed by atoms with Crippen LogP contribution in [-0.4, -0.2) is 37.1 Å². The Bertz CT molecular complexity index is 999. The van der Waals surface area contributed by atoms with Gasteiger partial charge in [0.2, 0.25) is 10.0 Å². The SMILES string of the molecule is CC(CCS(=O)(=O)NC(=O)OC(C)(C)C)c1cc(F)c(C=O)c2ccncc12. The maximum atomic E-state index is 14.3. The van der Waals surface area contributed by atoms with Crippen molar-refractivity contribution in [2.75, 3.05) is 5.75 Å². The van der Waals surface area contributed by atoms with Gasteiger partial charge in [-0.05, 0) is 56.2 Å². The van der Waals surface area contributed by atoms with Gasteiger partial charge in [0.15, 0.2) is 6.29 Å². The molecule has 0 spiro atoms. The van der Waals surface area contributed by atoms with Crippen molar-refractivity contribution in [3.63, 3.8) is 0 Å². The molecule has 0 aliphatic rings. The van der Waals surface area contributed by atoms with Crippen LogP contribution in [0, 0.1) is 5.82 Å². The van der Waals surface area contributed by atoms with Gasteiger partial charge in [-0.2, -0.15) is 0 Å². The highest BCUT2D eigenvalue weighted by atomic mass is 32.2. The standard InChI is InChI=1S/C19H23FN2O5S/c1-12(6-8-28(25,26)22-18(24)27-19(2,3)4)14-9-17(20)16(11-23)13-5-7-21-10-15(13)14/h5,7,9-12H,6,8H2,1-4H3,(H,22,24). The zero-order chi connectivity index (χ0) is 21.1. The lowest BCUT2D eigenvalue weighted by molar-refractivity contribution is 0.0570. The summed E-state index contributed by atoms with van der Waals surface area (Å²) in [6.07, 6.45) is 2.50. The maximum Gasteiger partial charge on any atom is 0.421 e. The number of carbonyl (C=O) groups is 2. The van der Waals surface area contributed by atoms with Crippen molar-refractivity contribution in [3.05, 3.63) is 41.5 Å². The van der Waals surface area contributed by atoms with Crippen LogP contribution in [0.4, 0.5) is 9.18 Å². The van der Waals surface area contributed by atoms with Crippen LogP contribution in [0.15, 0.2) is 24.5 Å². The minimum Gasteiger partial charge on any atom is -0.443 e. The normalized spacial score (nSPS) is 13.2. The van der Waals surface area contributed by atoms with E-state index in [1.54, 1.807) is 33.8 Å². The molecular weight excluding hydrogens is 387 g/mol. The summed E-state index contributed by atoms with van der Waals surface area (Å²) >= 11 is 0. The van der Waals surface area contributed by atoms with E-state index < -0.39 is 27.5 Å². The lowest BCUT2D eigenvalue weighted by Crippen LogP contribution is -2.37. The topological polar surface area (TPSA) is 102 Å². The number of nitrogens with zero attached hydrogens (tertiary/aromatic N) is 1. The summed E-state index contributed by atoms with van der Waals surface area (Å²) in [5.74, 6) is -1.39. The third kappa shape index (κ3) is 5.48. The first-order chi connectivity index (χ1) is 12.9. The average Bonchev–Trinajstić information content (AvgIpc) is 2.57. The molecule has 9 heteroatoms. The van der Waals surface area contributed by atoms with Gasteiger partial charge in [0, 0.05) is 17.8 Å². The summed E-state index contributed by atoms with van der Waals surface area (Å²) < 4.78 is 45.4. The van der Waals surface area contributed by atoms with Crippen LogP contribution in [0.5, 0.6) is 0 Å². The van der Waals surface area contributed by atoms with Gasteiger partial charge in [0.25, 0.3) is 0 Å². The quantitative estimate of drug-likeness (QED) is 0.731. The van der Waals surface area contributed by atoms with E-state index in [1.165, 1.54) is 18.5 Å². The number of rotatable bonds is 6. The van der Waals surface area contributed by atoms with Crippen molar-refractivity contribution >= 4 is 33.2 Å². The minimum absolute atomic E-state index is 0.0624. The smallest absolute Gasteiger partial charge is 0.421 e. The van der Waals surface area contributed by atoms with Crippen LogP contribution >= 0.6 is 0 Å². The Morgan fingerprint density at radius 1 is 1.36 bits per heavy atom. The molecule has 0 fully saturated rings. The van der Waals surface area contributed by atoms with E-state index in [2.05, 4.69) is 4.98 Å². The van der Waals surface area contributed by atoms with E-state index >= 15 is 0 Å². The first-order valence-corrected chi connectivity index (χ1v) is 10.3. The third-order valence-corrected chi connectivity index (χ3v) is 5.32. The number of ether oxygens (including phenoxy) is 1. The number of amides is 1. The molecule has 0 saturated heterocycles. The van der Waals surface area contributed by atoms with Crippen LogP contribution in [0.25, 0.3) is 10.8 Å². The number of hydrogen-bond acceptors (Lipinski definition) is 6. The number of halogens is 1. The molecule has 0 aliphatic heterocycles. The molecule has 28 heavy (non-hydrogen) atoms. The van der Waals surface area contributed by atoms with E-state index in [9.17, 15) is 22.4 Å². The van der Waals surface area contributed by atoms with Crippen molar-refractivity contribution in [3.8, 4) is 0 Å². The number of carbonyl (C=O) groups excluding carboxylic acids is 2. The zero-order valence-corrected chi connectivity index (χ0v) is 17.0. The second kappa shape index (κ2) is 8.22. The Balaban J connectivity index is 2.19. The van der Waals surface area contributed by atoms with Gasteiger partial charge >= 0.3 is 6.09 Å². The Labute approximate surface area is 163 Å². The molecule has 1 amide bonds. The second-order valence-corrected chi connectivity index (χ2v) is 9.35. The number of aldehydes is 1. The number of hydrogen-bond donors (Lipinski definition) is 1. The maximum absolute atomic E-state index is 14.3. The Morgan fingerprint density at radius 2 is 2.04 bits per heavy atom. The van der Waals surface area contributed by atoms with Gasteiger partial charge in [0.1, 0.15) is 11.4 Å². The molecule has 1 aromatic heterocycles. The molecule has 1 N–H and O–H groups in total. The summed E-state index contributed by atoms with van der Waals surface area (Å²) in [4.78, 5) is 26.9. The minimum atomic E-state index is -3.92. The van der Waals surface area contributed by atoms with E-state index in [1.807, 2.05) is 4.72 Å². The number of aromatic nitrogens is 1. The van der Waals surface area contributed by atoms with Gasteiger partial charge in [-0.25, -0.2) is 22.3 Å². The molecular formula is C19H23FN2O5S. The van der Waals surface area contributed by atoms with Gasteiger partial charge in [0.05, 0.1) is 11.3 Å². The monoisotopic (exact) mass is 410 g/mol. The first kappa shape index (κ1) is 21.7. The molecule has 1 aromatic carbocycles. The molecule has 0 saturated carbocycles. The molecule has 7 nitrogen and oxygen atoms in total. The van der Waals surface area contributed by atoms with Crippen molar-refractivity contribution in [2.24, 2.45) is 0 Å². The molecule has 2 aromatic rings. The van der Waals surface area contributed by atoms with Gasteiger partial charge in [-0.15, -0.1) is 0 Å². The van der Waals surface area contributed by atoms with Crippen LogP contribution in [0.2, 0.25) is 0 Å². The van der Waals surface area contributed by atoms with Crippen LogP contribution in [-0.2, 0) is 14.8 Å². The summed E-state index contributed by atoms with van der Waals surface area (Å²) in [5, 5.41) is 0.998. The molecule has 1 heterocycles. The van der Waals surface area contributed by atoms with E-state index in [0.29, 0.717) is 22.6 Å². The van der Waals surface area contributed by atoms with Gasteiger partial charge in [-0.3, -0.25) is 9.78 Å². The van der Waals surface area contributed by atoms with Crippen LogP contribution < -0.4 is 4.72 Å². The molecule has 152 valence electrons. The summed E-state index contributed by atoms with van der Waals surface area (Å²) in [5.41, 5.74) is -0.345. The number of nitrogens with one attached hydrogen (secondary N) is 1. The van der Waals surface area contributed by atoms with Crippen LogP contribution in [0.1, 0.15) is 56.0 Å². The predicted octanol–water partition coefficient (Wildman–Crippen LogP) is 3.53. The van der Waals surface area contributed by atoms with Crippen LogP contribution in [0.3, 0.4) is 0 Å². The molecule has 1 unspecified atom stereocenters. The Morgan fingerprint density at radius 3 is 2.64 bits per heavy atom. The summed E-state index contributed by atoms with van der Waals surface area (Å²) in [7, 11) is -3.92. The Kier molecular flexibility index (Phi) is 6.38. The molecule has 0 aliphatic carbocycles. The molecule has 1 atom stereocenters. The molecule has 0 bridgehead atoms. The third-order valence-electron chi connectivity index (χ3n) is 4.07. The lowest BCUT2D eigenvalue weighted by Gasteiger charge is -2.20. The van der Waals surface area contributed by atoms with E-state index in [4.69, 9.17) is 4.74 Å². The van der Waals surface area contributed by atoms with Gasteiger partial charge < -0.3 is 4.74 Å². The fourth-order valence-electron chi connectivity index (χ4n) is 2.77.